The van der Waals surface area contributed by atoms with Crippen LogP contribution in [0.15, 0.2) is 53.8 Å². The summed E-state index contributed by atoms with van der Waals surface area (Å²) in [5, 5.41) is 13.6. The molecule has 4 nitrogen and oxygen atoms in total. The normalized spacial score (nSPS) is 26.8. The summed E-state index contributed by atoms with van der Waals surface area (Å²) in [6.07, 6.45) is 10.4. The van der Waals surface area contributed by atoms with E-state index >= 15 is 0 Å². The number of aliphatic carboxylic acids is 1. The molecule has 1 aromatic rings. The summed E-state index contributed by atoms with van der Waals surface area (Å²) >= 11 is 0. The maximum Gasteiger partial charge on any atom is 0.336 e. The molecule has 4 rings (SSSR count). The fourth-order valence-corrected chi connectivity index (χ4v) is 4.70. The van der Waals surface area contributed by atoms with Gasteiger partial charge >= 0.3 is 5.97 Å². The van der Waals surface area contributed by atoms with Crippen LogP contribution in [0.5, 0.6) is 5.75 Å². The Morgan fingerprint density at radius 3 is 2.96 bits per heavy atom. The quantitative estimate of drug-likeness (QED) is 0.836. The molecule has 0 aromatic heterocycles. The van der Waals surface area contributed by atoms with Crippen molar-refractivity contribution in [2.75, 3.05) is 13.1 Å². The third kappa shape index (κ3) is 2.60. The Labute approximate surface area is 154 Å². The third-order valence-electron chi connectivity index (χ3n) is 5.93. The molecule has 4 heteroatoms. The molecule has 2 atom stereocenters. The molecule has 3 aliphatic rings. The Hall–Kier alpha value is -2.33. The number of carboxylic acids is 1. The molecule has 2 heterocycles. The molecule has 26 heavy (non-hydrogen) atoms. The molecular weight excluding hydrogens is 326 g/mol. The number of carbonyl (C=O) groups is 1. The van der Waals surface area contributed by atoms with Gasteiger partial charge in [-0.2, -0.15) is 0 Å². The van der Waals surface area contributed by atoms with Crippen LogP contribution in [0.25, 0.3) is 5.57 Å². The molecule has 0 spiro atoms. The lowest BCUT2D eigenvalue weighted by molar-refractivity contribution is -0.130. The maximum atomic E-state index is 12.4. The van der Waals surface area contributed by atoms with Crippen LogP contribution in [0.2, 0.25) is 0 Å². The molecule has 1 aromatic carbocycles. The van der Waals surface area contributed by atoms with Gasteiger partial charge in [-0.25, -0.2) is 4.79 Å². The first kappa shape index (κ1) is 17.1. The molecule has 1 fully saturated rings. The van der Waals surface area contributed by atoms with Crippen LogP contribution in [0, 0.1) is 11.3 Å². The highest BCUT2D eigenvalue weighted by atomic mass is 16.5. The highest BCUT2D eigenvalue weighted by molar-refractivity contribution is 6.19. The molecule has 1 aliphatic carbocycles. The zero-order valence-electron chi connectivity index (χ0n) is 15.1. The Bertz CT molecular complexity index is 814. The van der Waals surface area contributed by atoms with Gasteiger partial charge in [-0.1, -0.05) is 50.1 Å². The summed E-state index contributed by atoms with van der Waals surface area (Å²) in [5.41, 5.74) is 1.68. The van der Waals surface area contributed by atoms with E-state index < -0.39 is 5.97 Å². The lowest BCUT2D eigenvalue weighted by Crippen LogP contribution is -2.38. The Morgan fingerprint density at radius 2 is 2.23 bits per heavy atom. The van der Waals surface area contributed by atoms with E-state index in [9.17, 15) is 9.90 Å². The monoisotopic (exact) mass is 351 g/mol. The van der Waals surface area contributed by atoms with Gasteiger partial charge in [0.2, 0.25) is 0 Å². The van der Waals surface area contributed by atoms with Crippen molar-refractivity contribution in [3.63, 3.8) is 0 Å². The fraction of sp³-hybridized carbons (Fsp3) is 0.409. The summed E-state index contributed by atoms with van der Waals surface area (Å²) in [7, 11) is 0. The predicted molar refractivity (Wildman–Crippen MR) is 102 cm³/mol. The molecule has 0 amide bonds. The van der Waals surface area contributed by atoms with Crippen LogP contribution in [-0.2, 0) is 4.79 Å². The van der Waals surface area contributed by atoms with E-state index in [0.29, 0.717) is 28.6 Å². The molecule has 2 unspecified atom stereocenters. The van der Waals surface area contributed by atoms with Crippen molar-refractivity contribution in [2.24, 2.45) is 11.3 Å². The van der Waals surface area contributed by atoms with Crippen molar-refractivity contribution < 1.29 is 14.6 Å². The molecule has 2 N–H and O–H groups in total. The van der Waals surface area contributed by atoms with Crippen molar-refractivity contribution in [1.29, 1.82) is 0 Å². The number of fused-ring (bicyclic) bond motifs is 2. The lowest BCUT2D eigenvalue weighted by Gasteiger charge is -2.43. The van der Waals surface area contributed by atoms with E-state index in [2.05, 4.69) is 24.4 Å². The number of allylic oxidation sites excluding steroid dienone is 4. The number of para-hydroxylation sites is 1. The highest BCUT2D eigenvalue weighted by Crippen LogP contribution is 2.54. The number of hydrogen-bond donors (Lipinski definition) is 2. The Balaban J connectivity index is 1.96. The predicted octanol–water partition coefficient (Wildman–Crippen LogP) is 4.16. The average Bonchev–Trinajstić information content (AvgIpc) is 3.19. The Kier molecular flexibility index (Phi) is 4.45. The van der Waals surface area contributed by atoms with Crippen LogP contribution < -0.4 is 10.1 Å². The zero-order valence-corrected chi connectivity index (χ0v) is 15.1. The van der Waals surface area contributed by atoms with Crippen LogP contribution in [0.4, 0.5) is 0 Å². The minimum absolute atomic E-state index is 0.287. The van der Waals surface area contributed by atoms with E-state index in [1.807, 2.05) is 30.3 Å². The van der Waals surface area contributed by atoms with Crippen LogP contribution in [0.1, 0.15) is 38.2 Å². The number of hydrogen-bond acceptors (Lipinski definition) is 3. The Morgan fingerprint density at radius 1 is 1.38 bits per heavy atom. The molecule has 1 saturated heterocycles. The number of nitrogens with one attached hydrogen (secondary N) is 1. The van der Waals surface area contributed by atoms with Gasteiger partial charge in [-0.3, -0.25) is 0 Å². The second-order valence-corrected chi connectivity index (χ2v) is 7.38. The summed E-state index contributed by atoms with van der Waals surface area (Å²) < 4.78 is 6.18. The number of unbranched alkanes of at least 4 members (excludes halogenated alkanes) is 1. The first-order valence-corrected chi connectivity index (χ1v) is 9.53. The molecule has 0 bridgehead atoms. The van der Waals surface area contributed by atoms with Crippen molar-refractivity contribution in [2.45, 2.75) is 32.6 Å². The highest BCUT2D eigenvalue weighted by Gasteiger charge is 2.47. The van der Waals surface area contributed by atoms with Gasteiger partial charge in [0.15, 0.2) is 0 Å². The molecule has 0 radical (unpaired) electrons. The average molecular weight is 351 g/mol. The summed E-state index contributed by atoms with van der Waals surface area (Å²) in [6.45, 7) is 4.08. The minimum Gasteiger partial charge on any atom is -0.478 e. The van der Waals surface area contributed by atoms with Crippen molar-refractivity contribution in [1.82, 2.24) is 5.32 Å². The largest absolute Gasteiger partial charge is 0.478 e. The second kappa shape index (κ2) is 6.76. The van der Waals surface area contributed by atoms with Gasteiger partial charge in [-0.05, 0) is 44.0 Å². The SMILES string of the molecule is CCCCC1(C2CCNC2)C=CC=C2Oc3ccccc3C(C(=O)O)=C21. The maximum absolute atomic E-state index is 12.4. The molecular formula is C22H25NO3. The number of ether oxygens (including phenoxy) is 1. The van der Waals surface area contributed by atoms with Gasteiger partial charge in [0.05, 0.1) is 5.57 Å². The standard InChI is InChI=1S/C22H25NO3/c1-2-3-11-22(15-10-13-23-14-15)12-6-9-18-20(22)19(21(24)25)16-7-4-5-8-17(16)26-18/h4-9,12,15,23H,2-3,10-11,13-14H2,1H3,(H,24,25). The van der Waals surface area contributed by atoms with Gasteiger partial charge < -0.3 is 15.2 Å². The number of benzene rings is 1. The molecule has 2 aliphatic heterocycles. The first-order valence-electron chi connectivity index (χ1n) is 9.53. The van der Waals surface area contributed by atoms with Crippen molar-refractivity contribution in [3.05, 3.63) is 59.4 Å². The van der Waals surface area contributed by atoms with Gasteiger partial charge in [0, 0.05) is 16.6 Å². The molecule has 0 saturated carbocycles. The zero-order chi connectivity index (χ0) is 18.1. The van der Waals surface area contributed by atoms with Crippen LogP contribution in [-0.4, -0.2) is 24.2 Å². The number of rotatable bonds is 5. The van der Waals surface area contributed by atoms with Crippen molar-refractivity contribution >= 4 is 11.5 Å². The summed E-state index contributed by atoms with van der Waals surface area (Å²) in [5.74, 6) is 0.840. The van der Waals surface area contributed by atoms with E-state index in [0.717, 1.165) is 44.3 Å². The molecule has 136 valence electrons. The third-order valence-corrected chi connectivity index (χ3v) is 5.93. The van der Waals surface area contributed by atoms with E-state index in [1.54, 1.807) is 0 Å². The summed E-state index contributed by atoms with van der Waals surface area (Å²) in [6, 6.07) is 7.47. The topological polar surface area (TPSA) is 58.6 Å². The van der Waals surface area contributed by atoms with E-state index in [4.69, 9.17) is 4.74 Å². The van der Waals surface area contributed by atoms with Gasteiger partial charge in [0.1, 0.15) is 11.5 Å². The van der Waals surface area contributed by atoms with Crippen molar-refractivity contribution in [3.8, 4) is 5.75 Å². The second-order valence-electron chi connectivity index (χ2n) is 7.38. The smallest absolute Gasteiger partial charge is 0.336 e. The minimum atomic E-state index is -0.872. The van der Waals surface area contributed by atoms with E-state index in [1.165, 1.54) is 0 Å². The lowest BCUT2D eigenvalue weighted by atomic mass is 9.62. The van der Waals surface area contributed by atoms with Crippen LogP contribution >= 0.6 is 0 Å². The number of carboxylic acid groups (broad SMARTS) is 1. The fourth-order valence-electron chi connectivity index (χ4n) is 4.70. The van der Waals surface area contributed by atoms with Gasteiger partial charge in [-0.15, -0.1) is 0 Å². The first-order chi connectivity index (χ1) is 12.7. The van der Waals surface area contributed by atoms with Crippen LogP contribution in [0.3, 0.4) is 0 Å². The summed E-state index contributed by atoms with van der Waals surface area (Å²) in [4.78, 5) is 12.4. The van der Waals surface area contributed by atoms with Gasteiger partial charge in [0.25, 0.3) is 0 Å². The van der Waals surface area contributed by atoms with E-state index in [-0.39, 0.29) is 5.41 Å².